The van der Waals surface area contributed by atoms with Gasteiger partial charge in [-0.3, -0.25) is 4.79 Å². The van der Waals surface area contributed by atoms with Gasteiger partial charge in [0.25, 0.3) is 5.91 Å². The third-order valence-electron chi connectivity index (χ3n) is 4.37. The molecule has 26 heavy (non-hydrogen) atoms. The van der Waals surface area contributed by atoms with Crippen LogP contribution in [0.2, 0.25) is 0 Å². The van der Waals surface area contributed by atoms with Crippen LogP contribution in [-0.4, -0.2) is 40.0 Å². The molecule has 0 saturated carbocycles. The number of aromatic nitrogens is 3. The number of halogens is 3. The van der Waals surface area contributed by atoms with E-state index in [2.05, 4.69) is 20.9 Å². The lowest BCUT2D eigenvalue weighted by Gasteiger charge is -2.12. The molecule has 0 radical (unpaired) electrons. The molecule has 1 atom stereocenters. The van der Waals surface area contributed by atoms with E-state index in [1.807, 2.05) is 0 Å². The predicted octanol–water partition coefficient (Wildman–Crippen LogP) is 2.22. The van der Waals surface area contributed by atoms with Crippen molar-refractivity contribution in [2.75, 3.05) is 13.1 Å². The van der Waals surface area contributed by atoms with Crippen LogP contribution in [0.5, 0.6) is 0 Å². The van der Waals surface area contributed by atoms with Gasteiger partial charge in [0, 0.05) is 12.6 Å². The van der Waals surface area contributed by atoms with E-state index in [9.17, 15) is 18.0 Å². The smallest absolute Gasteiger partial charge is 0.351 e. The first-order valence-corrected chi connectivity index (χ1v) is 8.50. The fraction of sp³-hybridized carbons (Fsp3) is 0.471. The molecule has 1 aromatic carbocycles. The van der Waals surface area contributed by atoms with E-state index in [0.29, 0.717) is 12.6 Å². The van der Waals surface area contributed by atoms with E-state index in [1.54, 1.807) is 0 Å². The molecule has 1 fully saturated rings. The fourth-order valence-electron chi connectivity index (χ4n) is 3.04. The highest BCUT2D eigenvalue weighted by molar-refractivity contribution is 5.91. The van der Waals surface area contributed by atoms with E-state index < -0.39 is 11.7 Å². The summed E-state index contributed by atoms with van der Waals surface area (Å²) < 4.78 is 40.3. The lowest BCUT2D eigenvalue weighted by Crippen LogP contribution is -2.30. The molecule has 1 aromatic heterocycles. The van der Waals surface area contributed by atoms with Crippen molar-refractivity contribution in [1.29, 1.82) is 0 Å². The predicted molar refractivity (Wildman–Crippen MR) is 88.5 cm³/mol. The Kier molecular flexibility index (Phi) is 5.55. The maximum Gasteiger partial charge on any atom is 0.416 e. The van der Waals surface area contributed by atoms with E-state index in [1.165, 1.54) is 29.1 Å². The van der Waals surface area contributed by atoms with Gasteiger partial charge in [-0.15, -0.1) is 5.10 Å². The third-order valence-corrected chi connectivity index (χ3v) is 4.37. The van der Waals surface area contributed by atoms with Gasteiger partial charge in [0.05, 0.1) is 18.3 Å². The highest BCUT2D eigenvalue weighted by Crippen LogP contribution is 2.32. The zero-order valence-electron chi connectivity index (χ0n) is 14.1. The molecule has 0 bridgehead atoms. The number of alkyl halides is 3. The Balaban J connectivity index is 1.58. The van der Waals surface area contributed by atoms with Crippen LogP contribution in [0.25, 0.3) is 0 Å². The van der Waals surface area contributed by atoms with Crippen LogP contribution in [0.15, 0.2) is 30.5 Å². The number of nitrogens with zero attached hydrogens (tertiary/aromatic N) is 3. The van der Waals surface area contributed by atoms with Crippen LogP contribution in [0.1, 0.15) is 40.9 Å². The monoisotopic (exact) mass is 367 g/mol. The molecule has 140 valence electrons. The van der Waals surface area contributed by atoms with Crippen LogP contribution in [0.4, 0.5) is 13.2 Å². The summed E-state index contributed by atoms with van der Waals surface area (Å²) in [6, 6.07) is 5.71. The number of carbonyl (C=O) groups excluding carboxylic acids is 1. The van der Waals surface area contributed by atoms with Crippen molar-refractivity contribution in [2.45, 2.75) is 38.0 Å². The quantitative estimate of drug-likeness (QED) is 0.821. The molecule has 1 unspecified atom stereocenters. The average molecular weight is 367 g/mol. The first kappa shape index (κ1) is 18.4. The van der Waals surface area contributed by atoms with E-state index >= 15 is 0 Å². The van der Waals surface area contributed by atoms with Gasteiger partial charge in [0.15, 0.2) is 5.69 Å². The summed E-state index contributed by atoms with van der Waals surface area (Å²) in [5, 5.41) is 13.6. The summed E-state index contributed by atoms with van der Waals surface area (Å²) in [6.07, 6.45) is -0.00218. The minimum atomic E-state index is -4.44. The van der Waals surface area contributed by atoms with E-state index in [-0.39, 0.29) is 23.7 Å². The Morgan fingerprint density at radius 1 is 1.35 bits per heavy atom. The number of benzene rings is 1. The van der Waals surface area contributed by atoms with Gasteiger partial charge in [-0.2, -0.15) is 13.2 Å². The summed E-state index contributed by atoms with van der Waals surface area (Å²) in [5.74, 6) is -0.377. The molecule has 0 spiro atoms. The molecule has 1 amide bonds. The Labute approximate surface area is 148 Å². The average Bonchev–Trinajstić information content (AvgIpc) is 3.26. The number of hydrogen-bond acceptors (Lipinski definition) is 4. The maximum atomic E-state index is 13.0. The summed E-state index contributed by atoms with van der Waals surface area (Å²) in [7, 11) is 0. The second kappa shape index (κ2) is 7.86. The highest BCUT2D eigenvalue weighted by Gasteiger charge is 2.33. The van der Waals surface area contributed by atoms with Crippen molar-refractivity contribution in [3.05, 3.63) is 47.3 Å². The summed E-state index contributed by atoms with van der Waals surface area (Å²) in [6.45, 7) is 1.41. The van der Waals surface area contributed by atoms with Crippen molar-refractivity contribution >= 4 is 5.91 Å². The second-order valence-electron chi connectivity index (χ2n) is 6.29. The fourth-order valence-corrected chi connectivity index (χ4v) is 3.04. The molecule has 2 heterocycles. The SMILES string of the molecule is O=C(NCCC1CCCN1)c1cn(Cc2ccccc2C(F)(F)F)nn1. The third kappa shape index (κ3) is 4.60. The van der Waals surface area contributed by atoms with Gasteiger partial charge in [-0.25, -0.2) is 4.68 Å². The van der Waals surface area contributed by atoms with Crippen LogP contribution in [-0.2, 0) is 12.7 Å². The van der Waals surface area contributed by atoms with E-state index in [4.69, 9.17) is 0 Å². The van der Waals surface area contributed by atoms with Crippen LogP contribution < -0.4 is 10.6 Å². The van der Waals surface area contributed by atoms with Crippen LogP contribution in [0.3, 0.4) is 0 Å². The molecule has 2 N–H and O–H groups in total. The molecule has 6 nitrogen and oxygen atoms in total. The number of nitrogens with one attached hydrogen (secondary N) is 2. The normalized spacial score (nSPS) is 17.4. The first-order valence-electron chi connectivity index (χ1n) is 8.50. The van der Waals surface area contributed by atoms with Crippen molar-refractivity contribution < 1.29 is 18.0 Å². The molecule has 1 aliphatic rings. The number of hydrogen-bond donors (Lipinski definition) is 2. The second-order valence-corrected chi connectivity index (χ2v) is 6.29. The molecule has 2 aromatic rings. The van der Waals surface area contributed by atoms with Gasteiger partial charge in [-0.1, -0.05) is 23.4 Å². The standard InChI is InChI=1S/C17H20F3N5O/c18-17(19,20)14-6-2-1-4-12(14)10-25-11-15(23-24-25)16(26)22-9-7-13-5-3-8-21-13/h1-2,4,6,11,13,21H,3,5,7-10H2,(H,22,26). The number of carbonyl (C=O) groups is 1. The van der Waals surface area contributed by atoms with Gasteiger partial charge in [0.2, 0.25) is 0 Å². The molecule has 1 saturated heterocycles. The van der Waals surface area contributed by atoms with Crippen molar-refractivity contribution in [1.82, 2.24) is 25.6 Å². The van der Waals surface area contributed by atoms with Crippen LogP contribution in [0, 0.1) is 0 Å². The minimum absolute atomic E-state index is 0.0733. The Bertz CT molecular complexity index is 753. The van der Waals surface area contributed by atoms with Crippen LogP contribution >= 0.6 is 0 Å². The highest BCUT2D eigenvalue weighted by atomic mass is 19.4. The topological polar surface area (TPSA) is 71.8 Å². The maximum absolute atomic E-state index is 13.0. The molecular weight excluding hydrogens is 347 g/mol. The summed E-state index contributed by atoms with van der Waals surface area (Å²) in [5.41, 5.74) is -0.552. The Morgan fingerprint density at radius 2 is 2.15 bits per heavy atom. The summed E-state index contributed by atoms with van der Waals surface area (Å²) >= 11 is 0. The zero-order valence-corrected chi connectivity index (χ0v) is 14.1. The van der Waals surface area contributed by atoms with Gasteiger partial charge < -0.3 is 10.6 Å². The Morgan fingerprint density at radius 3 is 2.88 bits per heavy atom. The lowest BCUT2D eigenvalue weighted by molar-refractivity contribution is -0.138. The molecule has 3 rings (SSSR count). The van der Waals surface area contributed by atoms with Gasteiger partial charge in [-0.05, 0) is 37.4 Å². The first-order chi connectivity index (χ1) is 12.4. The zero-order chi connectivity index (χ0) is 18.6. The molecule has 1 aliphatic heterocycles. The molecule has 0 aliphatic carbocycles. The minimum Gasteiger partial charge on any atom is -0.351 e. The molecule has 9 heteroatoms. The lowest BCUT2D eigenvalue weighted by atomic mass is 10.1. The van der Waals surface area contributed by atoms with E-state index in [0.717, 1.165) is 31.9 Å². The van der Waals surface area contributed by atoms with Crippen molar-refractivity contribution in [3.63, 3.8) is 0 Å². The van der Waals surface area contributed by atoms with Crippen molar-refractivity contribution in [3.8, 4) is 0 Å². The Hall–Kier alpha value is -2.42. The van der Waals surface area contributed by atoms with Gasteiger partial charge >= 0.3 is 6.18 Å². The number of rotatable bonds is 6. The number of amides is 1. The molecular formula is C17H20F3N5O. The van der Waals surface area contributed by atoms with Crippen molar-refractivity contribution in [2.24, 2.45) is 0 Å². The summed E-state index contributed by atoms with van der Waals surface area (Å²) in [4.78, 5) is 12.1. The largest absolute Gasteiger partial charge is 0.416 e. The van der Waals surface area contributed by atoms with Gasteiger partial charge in [0.1, 0.15) is 0 Å².